The molecule has 10 heteroatoms. The van der Waals surface area contributed by atoms with Crippen LogP contribution in [0.5, 0.6) is 0 Å². The molecule has 1 aromatic carbocycles. The van der Waals surface area contributed by atoms with E-state index in [-0.39, 0.29) is 40.9 Å². The number of carboxylic acid groups (broad SMARTS) is 1. The molecule has 0 unspecified atom stereocenters. The first kappa shape index (κ1) is 21.3. The number of aromatic carboxylic acids is 1. The van der Waals surface area contributed by atoms with Crippen molar-refractivity contribution in [3.63, 3.8) is 0 Å². The summed E-state index contributed by atoms with van der Waals surface area (Å²) >= 11 is 0. The second kappa shape index (κ2) is 8.42. The minimum absolute atomic E-state index is 0.0463. The maximum Gasteiger partial charge on any atom is 0.357 e. The number of aromatic nitrogens is 4. The van der Waals surface area contributed by atoms with E-state index < -0.39 is 11.8 Å². The zero-order valence-corrected chi connectivity index (χ0v) is 18.0. The minimum atomic E-state index is -1.19. The molecule has 0 saturated heterocycles. The second-order valence-electron chi connectivity index (χ2n) is 9.08. The molecule has 2 saturated carbocycles. The predicted octanol–water partition coefficient (Wildman–Crippen LogP) is 3.52. The lowest BCUT2D eigenvalue weighted by Crippen LogP contribution is -2.31. The van der Waals surface area contributed by atoms with Gasteiger partial charge in [0.2, 0.25) is 5.89 Å². The van der Waals surface area contributed by atoms with Gasteiger partial charge in [-0.15, -0.1) is 5.10 Å². The number of benzene rings is 1. The molecule has 2 N–H and O–H groups in total. The van der Waals surface area contributed by atoms with Crippen molar-refractivity contribution in [1.82, 2.24) is 25.3 Å². The van der Waals surface area contributed by atoms with Crippen LogP contribution in [0.1, 0.15) is 65.3 Å². The smallest absolute Gasteiger partial charge is 0.357 e. The zero-order chi connectivity index (χ0) is 23.0. The number of nitrogens with one attached hydrogen (secondary N) is 1. The van der Waals surface area contributed by atoms with Gasteiger partial charge in [0.25, 0.3) is 5.91 Å². The van der Waals surface area contributed by atoms with Gasteiger partial charge in [-0.05, 0) is 68.1 Å². The molecule has 2 fully saturated rings. The summed E-state index contributed by atoms with van der Waals surface area (Å²) in [6.45, 7) is 0.668. The van der Waals surface area contributed by atoms with Gasteiger partial charge in [0, 0.05) is 17.7 Å². The molecular formula is C23H24FN5O4. The summed E-state index contributed by atoms with van der Waals surface area (Å²) in [7, 11) is 0. The fraction of sp³-hybridized carbons (Fsp3) is 0.435. The SMILES string of the molecule is O=C(NCC1CCC2(CC1)CC2)c1ccc(-c2cn(Cc3nc(C(=O)O)co3)nn2)c(F)c1. The van der Waals surface area contributed by atoms with Gasteiger partial charge in [-0.25, -0.2) is 18.9 Å². The number of halogens is 1. The maximum atomic E-state index is 14.8. The normalized spacial score (nSPS) is 17.2. The van der Waals surface area contributed by atoms with Gasteiger partial charge in [0.15, 0.2) is 5.69 Å². The summed E-state index contributed by atoms with van der Waals surface area (Å²) in [6.07, 6.45) is 10.1. The summed E-state index contributed by atoms with van der Waals surface area (Å²) in [6, 6.07) is 4.28. The molecule has 9 nitrogen and oxygen atoms in total. The number of oxazole rings is 1. The average molecular weight is 453 g/mol. The highest BCUT2D eigenvalue weighted by Gasteiger charge is 2.44. The van der Waals surface area contributed by atoms with Gasteiger partial charge in [-0.3, -0.25) is 4.79 Å². The molecule has 0 atom stereocenters. The monoisotopic (exact) mass is 453 g/mol. The molecular weight excluding hydrogens is 429 g/mol. The molecule has 0 aliphatic heterocycles. The first-order valence-corrected chi connectivity index (χ1v) is 11.1. The fourth-order valence-electron chi connectivity index (χ4n) is 4.49. The number of hydrogen-bond acceptors (Lipinski definition) is 6. The largest absolute Gasteiger partial charge is 0.476 e. The van der Waals surface area contributed by atoms with E-state index in [4.69, 9.17) is 9.52 Å². The lowest BCUT2D eigenvalue weighted by molar-refractivity contribution is 0.0690. The summed E-state index contributed by atoms with van der Waals surface area (Å²) in [4.78, 5) is 27.2. The Labute approximate surface area is 189 Å². The number of nitrogens with zero attached hydrogens (tertiary/aromatic N) is 4. The summed E-state index contributed by atoms with van der Waals surface area (Å²) in [5, 5.41) is 19.7. The van der Waals surface area contributed by atoms with E-state index in [0.29, 0.717) is 17.9 Å². The molecule has 3 aromatic rings. The van der Waals surface area contributed by atoms with Crippen molar-refractivity contribution in [3.8, 4) is 11.3 Å². The maximum absolute atomic E-state index is 14.8. The van der Waals surface area contributed by atoms with Crippen LogP contribution in [0.2, 0.25) is 0 Å². The first-order valence-electron chi connectivity index (χ1n) is 11.1. The molecule has 0 bridgehead atoms. The van der Waals surface area contributed by atoms with Crippen LogP contribution in [0.25, 0.3) is 11.3 Å². The van der Waals surface area contributed by atoms with Crippen molar-refractivity contribution in [2.75, 3.05) is 6.54 Å². The highest BCUT2D eigenvalue weighted by molar-refractivity contribution is 5.94. The summed E-state index contributed by atoms with van der Waals surface area (Å²) in [5.41, 5.74) is 1.16. The molecule has 2 aromatic heterocycles. The van der Waals surface area contributed by atoms with Crippen LogP contribution in [0.3, 0.4) is 0 Å². The number of carboxylic acids is 1. The molecule has 33 heavy (non-hydrogen) atoms. The lowest BCUT2D eigenvalue weighted by atomic mass is 9.80. The Hall–Kier alpha value is -3.56. The minimum Gasteiger partial charge on any atom is -0.476 e. The Morgan fingerprint density at radius 3 is 2.70 bits per heavy atom. The van der Waals surface area contributed by atoms with E-state index >= 15 is 0 Å². The molecule has 172 valence electrons. The first-order chi connectivity index (χ1) is 15.9. The van der Waals surface area contributed by atoms with Gasteiger partial charge in [-0.1, -0.05) is 5.21 Å². The lowest BCUT2D eigenvalue weighted by Gasteiger charge is -2.28. The third-order valence-corrected chi connectivity index (χ3v) is 6.79. The Morgan fingerprint density at radius 1 is 1.24 bits per heavy atom. The third-order valence-electron chi connectivity index (χ3n) is 6.79. The number of hydrogen-bond donors (Lipinski definition) is 2. The Balaban J connectivity index is 1.19. The van der Waals surface area contributed by atoms with Gasteiger partial charge in [0.1, 0.15) is 24.3 Å². The molecule has 1 spiro atoms. The van der Waals surface area contributed by atoms with Crippen LogP contribution < -0.4 is 5.32 Å². The number of carbonyl (C=O) groups is 2. The highest BCUT2D eigenvalue weighted by Crippen LogP contribution is 2.57. The van der Waals surface area contributed by atoms with Crippen molar-refractivity contribution in [2.24, 2.45) is 11.3 Å². The van der Waals surface area contributed by atoms with E-state index in [0.717, 1.165) is 19.1 Å². The van der Waals surface area contributed by atoms with E-state index in [2.05, 4.69) is 20.6 Å². The van der Waals surface area contributed by atoms with Gasteiger partial charge < -0.3 is 14.8 Å². The van der Waals surface area contributed by atoms with Gasteiger partial charge >= 0.3 is 5.97 Å². The highest BCUT2D eigenvalue weighted by atomic mass is 19.1. The number of amides is 1. The fourth-order valence-corrected chi connectivity index (χ4v) is 4.49. The third kappa shape index (κ3) is 4.64. The molecule has 1 amide bonds. The quantitative estimate of drug-likeness (QED) is 0.561. The average Bonchev–Trinajstić information content (AvgIpc) is 3.19. The van der Waals surface area contributed by atoms with Crippen LogP contribution in [0, 0.1) is 17.2 Å². The van der Waals surface area contributed by atoms with E-state index in [1.807, 2.05) is 0 Å². The van der Waals surface area contributed by atoms with Crippen molar-refractivity contribution < 1.29 is 23.5 Å². The van der Waals surface area contributed by atoms with E-state index in [1.54, 1.807) is 6.07 Å². The van der Waals surface area contributed by atoms with Crippen LogP contribution >= 0.6 is 0 Å². The van der Waals surface area contributed by atoms with E-state index in [1.165, 1.54) is 48.7 Å². The van der Waals surface area contributed by atoms with Crippen LogP contribution in [-0.4, -0.2) is 43.5 Å². The van der Waals surface area contributed by atoms with Crippen LogP contribution in [0.15, 0.2) is 35.1 Å². The summed E-state index contributed by atoms with van der Waals surface area (Å²) < 4.78 is 21.2. The predicted molar refractivity (Wildman–Crippen MR) is 114 cm³/mol. The van der Waals surface area contributed by atoms with Crippen molar-refractivity contribution >= 4 is 11.9 Å². The molecule has 2 heterocycles. The topological polar surface area (TPSA) is 123 Å². The molecule has 2 aliphatic carbocycles. The molecule has 0 radical (unpaired) electrons. The molecule has 5 rings (SSSR count). The number of carbonyl (C=O) groups excluding carboxylic acids is 1. The van der Waals surface area contributed by atoms with Crippen LogP contribution in [0.4, 0.5) is 4.39 Å². The Kier molecular flexibility index (Phi) is 5.43. The summed E-state index contributed by atoms with van der Waals surface area (Å²) in [5.74, 6) is -1.42. The number of rotatable bonds is 7. The van der Waals surface area contributed by atoms with Gasteiger partial charge in [-0.2, -0.15) is 0 Å². The van der Waals surface area contributed by atoms with Crippen molar-refractivity contribution in [1.29, 1.82) is 0 Å². The van der Waals surface area contributed by atoms with Crippen molar-refractivity contribution in [2.45, 2.75) is 45.1 Å². The standard InChI is InChI=1S/C23H24FN5O4/c24-17-9-15(21(30)25-10-14-3-5-23(6-4-14)7-8-23)1-2-16(17)18-11-29(28-27-18)12-20-26-19(13-33-20)22(31)32/h1-2,9,11,13-14H,3-8,10,12H2,(H,25,30)(H,31,32). The second-order valence-corrected chi connectivity index (χ2v) is 9.08. The van der Waals surface area contributed by atoms with Crippen molar-refractivity contribution in [3.05, 3.63) is 53.6 Å². The van der Waals surface area contributed by atoms with Gasteiger partial charge in [0.05, 0.1) is 6.20 Å². The van der Waals surface area contributed by atoms with Crippen LogP contribution in [-0.2, 0) is 6.54 Å². The molecule has 2 aliphatic rings. The zero-order valence-electron chi connectivity index (χ0n) is 18.0. The Bertz CT molecular complexity index is 1190. The Morgan fingerprint density at radius 2 is 2.03 bits per heavy atom. The van der Waals surface area contributed by atoms with E-state index in [9.17, 15) is 14.0 Å².